The molecule has 1 aromatic rings. The first-order valence-corrected chi connectivity index (χ1v) is 8.51. The van der Waals surface area contributed by atoms with Crippen LogP contribution in [-0.4, -0.2) is 35.3 Å². The first kappa shape index (κ1) is 15.3. The molecule has 3 fully saturated rings. The maximum Gasteiger partial charge on any atom is 0.152 e. The van der Waals surface area contributed by atoms with Crippen LogP contribution in [0.15, 0.2) is 30.3 Å². The third-order valence-electron chi connectivity index (χ3n) is 5.85. The second kappa shape index (κ2) is 5.13. The Bertz CT molecular complexity index is 611. The summed E-state index contributed by atoms with van der Waals surface area (Å²) in [6, 6.07) is 9.94. The topological polar surface area (TPSA) is 55.8 Å². The summed E-state index contributed by atoms with van der Waals surface area (Å²) < 4.78 is 12.3. The van der Waals surface area contributed by atoms with E-state index in [0.29, 0.717) is 6.42 Å². The van der Waals surface area contributed by atoms with Crippen LogP contribution in [0.5, 0.6) is 0 Å². The largest absolute Gasteiger partial charge is 0.392 e. The lowest BCUT2D eigenvalue weighted by Gasteiger charge is -2.58. The van der Waals surface area contributed by atoms with Gasteiger partial charge in [-0.3, -0.25) is 4.79 Å². The highest BCUT2D eigenvalue weighted by Crippen LogP contribution is 2.54. The van der Waals surface area contributed by atoms with E-state index >= 15 is 0 Å². The number of rotatable bonds is 1. The minimum absolute atomic E-state index is 0.136. The van der Waals surface area contributed by atoms with E-state index in [1.165, 1.54) is 0 Å². The normalized spacial score (nSPS) is 42.1. The molecule has 2 bridgehead atoms. The first-order chi connectivity index (χ1) is 10.9. The third kappa shape index (κ3) is 2.19. The molecule has 1 aliphatic carbocycles. The Morgan fingerprint density at radius 2 is 1.91 bits per heavy atom. The molecule has 0 radical (unpaired) electrons. The van der Waals surface area contributed by atoms with Crippen molar-refractivity contribution in [2.45, 2.75) is 57.0 Å². The van der Waals surface area contributed by atoms with Gasteiger partial charge in [-0.1, -0.05) is 30.3 Å². The Balaban J connectivity index is 1.68. The second-order valence-electron chi connectivity index (χ2n) is 7.82. The maximum absolute atomic E-state index is 13.2. The van der Waals surface area contributed by atoms with E-state index in [2.05, 4.69) is 0 Å². The summed E-state index contributed by atoms with van der Waals surface area (Å²) in [6.45, 7) is 4.22. The standard InChI is InChI=1S/C19H24O4/c1-18(2)10-14(20)19-11-22-16(12-6-4-3-5-7-12)13(17(19)21)8-9-15(19)23-18/h3-7,13-16,20H,8-11H2,1-2H3/t13?,14-,15?,16-,19-/m1/s1. The van der Waals surface area contributed by atoms with Gasteiger partial charge in [0.2, 0.25) is 0 Å². The predicted octanol–water partition coefficient (Wildman–Crippen LogP) is 2.65. The molecule has 4 nitrogen and oxygen atoms in total. The zero-order valence-electron chi connectivity index (χ0n) is 13.7. The molecule has 5 atom stereocenters. The lowest BCUT2D eigenvalue weighted by Crippen LogP contribution is -2.68. The molecule has 23 heavy (non-hydrogen) atoms. The van der Waals surface area contributed by atoms with E-state index in [9.17, 15) is 9.90 Å². The van der Waals surface area contributed by atoms with Crippen molar-refractivity contribution in [3.8, 4) is 0 Å². The monoisotopic (exact) mass is 316 g/mol. The average molecular weight is 316 g/mol. The van der Waals surface area contributed by atoms with Gasteiger partial charge in [0.1, 0.15) is 5.41 Å². The van der Waals surface area contributed by atoms with Crippen LogP contribution in [0.4, 0.5) is 0 Å². The number of fused-ring (bicyclic) bond motifs is 1. The molecule has 1 N–H and O–H groups in total. The zero-order chi connectivity index (χ0) is 16.2. The smallest absolute Gasteiger partial charge is 0.152 e. The molecule has 4 rings (SSSR count). The molecule has 1 saturated carbocycles. The number of ketones is 1. The van der Waals surface area contributed by atoms with Crippen LogP contribution in [0, 0.1) is 11.3 Å². The number of carbonyl (C=O) groups is 1. The van der Waals surface area contributed by atoms with Gasteiger partial charge in [0.25, 0.3) is 0 Å². The Kier molecular flexibility index (Phi) is 3.42. The summed E-state index contributed by atoms with van der Waals surface area (Å²) in [5, 5.41) is 10.8. The molecular formula is C19H24O4. The van der Waals surface area contributed by atoms with Crippen LogP contribution >= 0.6 is 0 Å². The van der Waals surface area contributed by atoms with Crippen molar-refractivity contribution < 1.29 is 19.4 Å². The van der Waals surface area contributed by atoms with Crippen molar-refractivity contribution in [1.82, 2.24) is 0 Å². The van der Waals surface area contributed by atoms with Gasteiger partial charge in [0.05, 0.1) is 30.5 Å². The van der Waals surface area contributed by atoms with Gasteiger partial charge < -0.3 is 14.6 Å². The summed E-state index contributed by atoms with van der Waals surface area (Å²) in [7, 11) is 0. The van der Waals surface area contributed by atoms with Crippen LogP contribution in [0.25, 0.3) is 0 Å². The van der Waals surface area contributed by atoms with E-state index in [4.69, 9.17) is 9.47 Å². The van der Waals surface area contributed by atoms with Gasteiger partial charge in [-0.05, 0) is 32.3 Å². The van der Waals surface area contributed by atoms with Crippen molar-refractivity contribution in [2.75, 3.05) is 6.61 Å². The average Bonchev–Trinajstić information content (AvgIpc) is 2.49. The summed E-state index contributed by atoms with van der Waals surface area (Å²) in [5.74, 6) is -0.0429. The fraction of sp³-hybridized carbons (Fsp3) is 0.632. The second-order valence-corrected chi connectivity index (χ2v) is 7.82. The molecular weight excluding hydrogens is 292 g/mol. The van der Waals surface area contributed by atoms with E-state index in [1.54, 1.807) is 0 Å². The highest BCUT2D eigenvalue weighted by molar-refractivity contribution is 5.91. The molecule has 2 aliphatic heterocycles. The molecule has 2 heterocycles. The predicted molar refractivity (Wildman–Crippen MR) is 84.9 cm³/mol. The van der Waals surface area contributed by atoms with Crippen LogP contribution in [0.3, 0.4) is 0 Å². The van der Waals surface area contributed by atoms with Gasteiger partial charge in [0, 0.05) is 12.3 Å². The minimum atomic E-state index is -0.871. The number of carbonyl (C=O) groups excluding carboxylic acids is 1. The maximum atomic E-state index is 13.2. The van der Waals surface area contributed by atoms with Crippen molar-refractivity contribution in [1.29, 1.82) is 0 Å². The summed E-state index contributed by atoms with van der Waals surface area (Å²) in [4.78, 5) is 13.2. The number of hydrogen-bond acceptors (Lipinski definition) is 4. The fourth-order valence-electron chi connectivity index (χ4n) is 4.71. The van der Waals surface area contributed by atoms with Crippen LogP contribution in [0.1, 0.15) is 44.8 Å². The Labute approximate surface area is 136 Å². The van der Waals surface area contributed by atoms with Crippen LogP contribution in [0.2, 0.25) is 0 Å². The van der Waals surface area contributed by atoms with E-state index in [1.807, 2.05) is 44.2 Å². The Morgan fingerprint density at radius 1 is 1.17 bits per heavy atom. The molecule has 1 spiro atoms. The van der Waals surface area contributed by atoms with Crippen LogP contribution in [-0.2, 0) is 14.3 Å². The van der Waals surface area contributed by atoms with Gasteiger partial charge in [-0.2, -0.15) is 0 Å². The number of Topliss-reactive ketones (excluding diaryl/α,β-unsaturated/α-hetero) is 1. The SMILES string of the molecule is CC1(C)C[C@@H](O)[C@]23CO[C@H](c4ccccc4)C(CCC2O1)C3=O. The molecule has 0 aromatic heterocycles. The summed E-state index contributed by atoms with van der Waals surface area (Å²) in [5.41, 5.74) is -0.215. The van der Waals surface area contributed by atoms with Gasteiger partial charge in [-0.25, -0.2) is 0 Å². The molecule has 2 saturated heterocycles. The Hall–Kier alpha value is -1.23. The third-order valence-corrected chi connectivity index (χ3v) is 5.85. The number of aliphatic hydroxyl groups is 1. The van der Waals surface area contributed by atoms with E-state index in [0.717, 1.165) is 18.4 Å². The number of hydrogen-bond donors (Lipinski definition) is 1. The number of aliphatic hydroxyl groups excluding tert-OH is 1. The summed E-state index contributed by atoms with van der Waals surface area (Å²) in [6.07, 6.45) is 0.917. The first-order valence-electron chi connectivity index (χ1n) is 8.51. The van der Waals surface area contributed by atoms with E-state index in [-0.39, 0.29) is 30.5 Å². The molecule has 3 aliphatic rings. The minimum Gasteiger partial charge on any atom is -0.392 e. The lowest BCUT2D eigenvalue weighted by molar-refractivity contribution is -0.263. The van der Waals surface area contributed by atoms with Crippen LogP contribution < -0.4 is 0 Å². The van der Waals surface area contributed by atoms with Crippen molar-refractivity contribution in [3.05, 3.63) is 35.9 Å². The summed E-state index contributed by atoms with van der Waals surface area (Å²) >= 11 is 0. The van der Waals surface area contributed by atoms with Gasteiger partial charge in [0.15, 0.2) is 5.78 Å². The Morgan fingerprint density at radius 3 is 2.65 bits per heavy atom. The molecule has 1 aromatic carbocycles. The molecule has 2 unspecified atom stereocenters. The molecule has 0 amide bonds. The van der Waals surface area contributed by atoms with E-state index < -0.39 is 17.1 Å². The van der Waals surface area contributed by atoms with Gasteiger partial charge in [-0.15, -0.1) is 0 Å². The van der Waals surface area contributed by atoms with Crippen molar-refractivity contribution in [2.24, 2.45) is 11.3 Å². The molecule has 4 heteroatoms. The van der Waals surface area contributed by atoms with Crippen molar-refractivity contribution in [3.63, 3.8) is 0 Å². The number of benzene rings is 1. The highest BCUT2D eigenvalue weighted by Gasteiger charge is 2.64. The quantitative estimate of drug-likeness (QED) is 0.865. The zero-order valence-corrected chi connectivity index (χ0v) is 13.7. The highest BCUT2D eigenvalue weighted by atomic mass is 16.5. The van der Waals surface area contributed by atoms with Crippen molar-refractivity contribution >= 4 is 5.78 Å². The lowest BCUT2D eigenvalue weighted by atomic mass is 9.58. The number of ether oxygens (including phenoxy) is 2. The van der Waals surface area contributed by atoms with Gasteiger partial charge >= 0.3 is 0 Å². The fourth-order valence-corrected chi connectivity index (χ4v) is 4.71. The molecule has 124 valence electrons.